The van der Waals surface area contributed by atoms with Crippen LogP contribution in [0, 0.1) is 5.41 Å². The second kappa shape index (κ2) is 4.31. The summed E-state index contributed by atoms with van der Waals surface area (Å²) < 4.78 is 0. The van der Waals surface area contributed by atoms with Gasteiger partial charge in [0.15, 0.2) is 0 Å². The Bertz CT molecular complexity index is 328. The molecule has 0 radical (unpaired) electrons. The Morgan fingerprint density at radius 1 is 1.41 bits per heavy atom. The van der Waals surface area contributed by atoms with E-state index in [0.29, 0.717) is 19.3 Å². The smallest absolute Gasteiger partial charge is 0.407 e. The van der Waals surface area contributed by atoms with Gasteiger partial charge in [0.25, 0.3) is 0 Å². The van der Waals surface area contributed by atoms with Gasteiger partial charge in [-0.1, -0.05) is 13.8 Å². The molecule has 1 saturated carbocycles. The topological polar surface area (TPSA) is 57.6 Å². The molecule has 4 heteroatoms. The van der Waals surface area contributed by atoms with Crippen molar-refractivity contribution in [2.45, 2.75) is 65.5 Å². The molecule has 98 valence electrons. The van der Waals surface area contributed by atoms with E-state index in [1.54, 1.807) is 0 Å². The molecule has 0 saturated heterocycles. The molecule has 0 aromatic heterocycles. The lowest BCUT2D eigenvalue weighted by Gasteiger charge is -2.44. The number of carboxylic acid groups (broad SMARTS) is 1. The van der Waals surface area contributed by atoms with Crippen molar-refractivity contribution in [3.8, 4) is 0 Å². The summed E-state index contributed by atoms with van der Waals surface area (Å²) in [4.78, 5) is 24.6. The molecule has 0 aromatic rings. The number of amides is 1. The third-order valence-electron chi connectivity index (χ3n) is 3.50. The SMILES string of the molecule is CC1(C)C[C@H](N(C(=O)O)C(C)(C)C)CCC1=O. The highest BCUT2D eigenvalue weighted by atomic mass is 16.4. The van der Waals surface area contributed by atoms with Crippen molar-refractivity contribution in [2.24, 2.45) is 5.41 Å². The van der Waals surface area contributed by atoms with Crippen LogP contribution in [-0.2, 0) is 4.79 Å². The monoisotopic (exact) mass is 241 g/mol. The van der Waals surface area contributed by atoms with Crippen LogP contribution in [0.4, 0.5) is 4.79 Å². The van der Waals surface area contributed by atoms with Crippen LogP contribution in [0.25, 0.3) is 0 Å². The average molecular weight is 241 g/mol. The van der Waals surface area contributed by atoms with Gasteiger partial charge in [0, 0.05) is 23.4 Å². The first-order valence-electron chi connectivity index (χ1n) is 6.11. The Balaban J connectivity index is 2.92. The molecule has 1 rings (SSSR count). The summed E-state index contributed by atoms with van der Waals surface area (Å²) >= 11 is 0. The van der Waals surface area contributed by atoms with Crippen LogP contribution in [0.2, 0.25) is 0 Å². The fourth-order valence-electron chi connectivity index (χ4n) is 2.65. The van der Waals surface area contributed by atoms with Crippen molar-refractivity contribution in [1.29, 1.82) is 0 Å². The van der Waals surface area contributed by atoms with Crippen LogP contribution in [-0.4, -0.2) is 33.5 Å². The highest BCUT2D eigenvalue weighted by Gasteiger charge is 2.42. The largest absolute Gasteiger partial charge is 0.465 e. The quantitative estimate of drug-likeness (QED) is 0.768. The molecule has 1 aliphatic rings. The minimum atomic E-state index is -0.896. The van der Waals surface area contributed by atoms with E-state index in [0.717, 1.165) is 0 Å². The normalized spacial score (nSPS) is 24.5. The summed E-state index contributed by atoms with van der Waals surface area (Å²) in [6, 6.07) is -0.0554. The Kier molecular flexibility index (Phi) is 3.55. The lowest BCUT2D eigenvalue weighted by atomic mass is 9.73. The molecule has 0 spiro atoms. The van der Waals surface area contributed by atoms with Crippen molar-refractivity contribution >= 4 is 11.9 Å². The third kappa shape index (κ3) is 2.99. The molecule has 0 unspecified atom stereocenters. The average Bonchev–Trinajstić information content (AvgIpc) is 2.07. The van der Waals surface area contributed by atoms with Crippen LogP contribution in [0.15, 0.2) is 0 Å². The molecular formula is C13H23NO3. The molecule has 1 N–H and O–H groups in total. The molecule has 0 aliphatic heterocycles. The van der Waals surface area contributed by atoms with E-state index in [1.807, 2.05) is 34.6 Å². The number of rotatable bonds is 1. The number of carbonyl (C=O) groups is 2. The van der Waals surface area contributed by atoms with E-state index >= 15 is 0 Å². The minimum Gasteiger partial charge on any atom is -0.465 e. The first kappa shape index (κ1) is 14.0. The summed E-state index contributed by atoms with van der Waals surface area (Å²) in [7, 11) is 0. The van der Waals surface area contributed by atoms with Crippen LogP contribution >= 0.6 is 0 Å². The van der Waals surface area contributed by atoms with Gasteiger partial charge in [-0.3, -0.25) is 4.79 Å². The fraction of sp³-hybridized carbons (Fsp3) is 0.846. The molecule has 1 amide bonds. The van der Waals surface area contributed by atoms with Gasteiger partial charge < -0.3 is 10.0 Å². The molecule has 1 fully saturated rings. The van der Waals surface area contributed by atoms with Gasteiger partial charge in [0.1, 0.15) is 5.78 Å². The van der Waals surface area contributed by atoms with Crippen molar-refractivity contribution in [3.63, 3.8) is 0 Å². The van der Waals surface area contributed by atoms with Crippen molar-refractivity contribution in [3.05, 3.63) is 0 Å². The zero-order chi connectivity index (χ0) is 13.4. The summed E-state index contributed by atoms with van der Waals surface area (Å²) in [5, 5.41) is 9.34. The molecule has 0 bridgehead atoms. The van der Waals surface area contributed by atoms with Gasteiger partial charge >= 0.3 is 6.09 Å². The summed E-state index contributed by atoms with van der Waals surface area (Å²) in [5.41, 5.74) is -0.825. The molecule has 4 nitrogen and oxygen atoms in total. The van der Waals surface area contributed by atoms with Crippen LogP contribution in [0.1, 0.15) is 53.9 Å². The van der Waals surface area contributed by atoms with E-state index < -0.39 is 17.0 Å². The van der Waals surface area contributed by atoms with Gasteiger partial charge in [-0.05, 0) is 33.6 Å². The Labute approximate surface area is 103 Å². The van der Waals surface area contributed by atoms with Crippen LogP contribution in [0.5, 0.6) is 0 Å². The maximum absolute atomic E-state index is 11.7. The van der Waals surface area contributed by atoms with Crippen molar-refractivity contribution < 1.29 is 14.7 Å². The minimum absolute atomic E-state index is 0.0554. The van der Waals surface area contributed by atoms with E-state index in [4.69, 9.17) is 0 Å². The van der Waals surface area contributed by atoms with Crippen molar-refractivity contribution in [2.75, 3.05) is 0 Å². The molecule has 0 heterocycles. The first-order chi connectivity index (χ1) is 7.55. The predicted molar refractivity (Wildman–Crippen MR) is 66.0 cm³/mol. The highest BCUT2D eigenvalue weighted by molar-refractivity contribution is 5.85. The van der Waals surface area contributed by atoms with E-state index in [2.05, 4.69) is 0 Å². The van der Waals surface area contributed by atoms with Crippen LogP contribution < -0.4 is 0 Å². The maximum atomic E-state index is 11.7. The molecular weight excluding hydrogens is 218 g/mol. The second-order valence-electron chi connectivity index (χ2n) is 6.53. The van der Waals surface area contributed by atoms with Gasteiger partial charge in [0.2, 0.25) is 0 Å². The maximum Gasteiger partial charge on any atom is 0.407 e. The number of hydrogen-bond acceptors (Lipinski definition) is 2. The van der Waals surface area contributed by atoms with Gasteiger partial charge in [0.05, 0.1) is 0 Å². The zero-order valence-electron chi connectivity index (χ0n) is 11.4. The lowest BCUT2D eigenvalue weighted by Crippen LogP contribution is -2.54. The van der Waals surface area contributed by atoms with E-state index in [9.17, 15) is 14.7 Å². The Morgan fingerprint density at radius 2 is 1.94 bits per heavy atom. The summed E-state index contributed by atoms with van der Waals surface area (Å²) in [5.74, 6) is 0.244. The van der Waals surface area contributed by atoms with Crippen molar-refractivity contribution in [1.82, 2.24) is 4.90 Å². The molecule has 17 heavy (non-hydrogen) atoms. The lowest BCUT2D eigenvalue weighted by molar-refractivity contribution is -0.131. The molecule has 1 aliphatic carbocycles. The summed E-state index contributed by atoms with van der Waals surface area (Å²) in [6.07, 6.45) is 0.853. The fourth-order valence-corrected chi connectivity index (χ4v) is 2.65. The zero-order valence-corrected chi connectivity index (χ0v) is 11.4. The van der Waals surface area contributed by atoms with Gasteiger partial charge in [-0.25, -0.2) is 4.79 Å². The van der Waals surface area contributed by atoms with E-state index in [1.165, 1.54) is 4.90 Å². The number of nitrogens with zero attached hydrogens (tertiary/aromatic N) is 1. The van der Waals surface area contributed by atoms with Crippen LogP contribution in [0.3, 0.4) is 0 Å². The first-order valence-corrected chi connectivity index (χ1v) is 6.11. The number of Topliss-reactive ketones (excluding diaryl/α,β-unsaturated/α-hetero) is 1. The van der Waals surface area contributed by atoms with Gasteiger partial charge in [-0.2, -0.15) is 0 Å². The number of carbonyl (C=O) groups excluding carboxylic acids is 1. The highest BCUT2D eigenvalue weighted by Crippen LogP contribution is 2.36. The summed E-state index contributed by atoms with van der Waals surface area (Å²) in [6.45, 7) is 9.49. The number of hydrogen-bond donors (Lipinski definition) is 1. The molecule has 1 atom stereocenters. The standard InChI is InChI=1S/C13H23NO3/c1-12(2,3)14(11(16)17)9-6-7-10(15)13(4,5)8-9/h9H,6-8H2,1-5H3,(H,16,17)/t9-/m1/s1. The van der Waals surface area contributed by atoms with Gasteiger partial charge in [-0.15, -0.1) is 0 Å². The second-order valence-corrected chi connectivity index (χ2v) is 6.53. The Hall–Kier alpha value is -1.06. The third-order valence-corrected chi connectivity index (χ3v) is 3.50. The molecule has 0 aromatic carbocycles. The Morgan fingerprint density at radius 3 is 2.29 bits per heavy atom. The number of ketones is 1. The van der Waals surface area contributed by atoms with E-state index in [-0.39, 0.29) is 11.8 Å². The predicted octanol–water partition coefficient (Wildman–Crippen LogP) is 2.91.